The lowest BCUT2D eigenvalue weighted by Gasteiger charge is -2.09. The average Bonchev–Trinajstić information content (AvgIpc) is 2.53. The lowest BCUT2D eigenvalue weighted by atomic mass is 10.1. The van der Waals surface area contributed by atoms with Crippen LogP contribution in [0.25, 0.3) is 6.08 Å². The first-order chi connectivity index (χ1) is 10.6. The van der Waals surface area contributed by atoms with Crippen molar-refractivity contribution in [2.24, 2.45) is 0 Å². The molecule has 0 atom stereocenters. The molecular formula is C17H15ClN2O2. The molecule has 4 nitrogen and oxygen atoms in total. The Morgan fingerprint density at radius 1 is 1.09 bits per heavy atom. The highest BCUT2D eigenvalue weighted by Gasteiger charge is 2.11. The number of halogens is 1. The van der Waals surface area contributed by atoms with Crippen molar-refractivity contribution in [1.29, 1.82) is 0 Å². The van der Waals surface area contributed by atoms with Gasteiger partial charge in [0.2, 0.25) is 5.91 Å². The van der Waals surface area contributed by atoms with Gasteiger partial charge in [0.15, 0.2) is 0 Å². The molecule has 0 saturated carbocycles. The van der Waals surface area contributed by atoms with Crippen LogP contribution in [0.3, 0.4) is 0 Å². The minimum Gasteiger partial charge on any atom is -0.355 e. The minimum absolute atomic E-state index is 0.293. The van der Waals surface area contributed by atoms with Gasteiger partial charge in [-0.05, 0) is 29.8 Å². The van der Waals surface area contributed by atoms with Gasteiger partial charge in [0.05, 0.1) is 11.3 Å². The van der Waals surface area contributed by atoms with Crippen LogP contribution in [0.4, 0.5) is 5.69 Å². The van der Waals surface area contributed by atoms with E-state index in [9.17, 15) is 9.59 Å². The lowest BCUT2D eigenvalue weighted by Crippen LogP contribution is -2.20. The molecular weight excluding hydrogens is 300 g/mol. The maximum atomic E-state index is 12.0. The van der Waals surface area contributed by atoms with Crippen LogP contribution in [0, 0.1) is 0 Å². The number of amides is 2. The molecule has 0 radical (unpaired) electrons. The quantitative estimate of drug-likeness (QED) is 0.850. The first-order valence-corrected chi connectivity index (χ1v) is 7.03. The van der Waals surface area contributed by atoms with Gasteiger partial charge >= 0.3 is 0 Å². The summed E-state index contributed by atoms with van der Waals surface area (Å²) in [5, 5.41) is 5.63. The molecule has 2 amide bonds. The van der Waals surface area contributed by atoms with Crippen LogP contribution in [-0.4, -0.2) is 18.9 Å². The van der Waals surface area contributed by atoms with Crippen molar-refractivity contribution in [2.45, 2.75) is 0 Å². The summed E-state index contributed by atoms with van der Waals surface area (Å²) < 4.78 is 0. The second-order valence-corrected chi connectivity index (χ2v) is 4.94. The zero-order chi connectivity index (χ0) is 15.9. The first kappa shape index (κ1) is 15.8. The van der Waals surface area contributed by atoms with Crippen molar-refractivity contribution < 1.29 is 9.59 Å². The number of anilines is 1. The van der Waals surface area contributed by atoms with E-state index in [0.29, 0.717) is 16.3 Å². The van der Waals surface area contributed by atoms with Crippen molar-refractivity contribution in [3.63, 3.8) is 0 Å². The molecule has 5 heteroatoms. The summed E-state index contributed by atoms with van der Waals surface area (Å²) in [4.78, 5) is 23.8. The van der Waals surface area contributed by atoms with Crippen LogP contribution in [0.2, 0.25) is 5.02 Å². The monoisotopic (exact) mass is 314 g/mol. The van der Waals surface area contributed by atoms with Gasteiger partial charge in [-0.15, -0.1) is 0 Å². The number of nitrogens with one attached hydrogen (secondary N) is 2. The molecule has 22 heavy (non-hydrogen) atoms. The van der Waals surface area contributed by atoms with Gasteiger partial charge in [-0.2, -0.15) is 0 Å². The Hall–Kier alpha value is -2.59. The topological polar surface area (TPSA) is 58.2 Å². The number of carbonyl (C=O) groups is 2. The SMILES string of the molecule is CNC(=O)c1ccc(Cl)cc1NC(=O)/C=C/c1ccccc1. The Morgan fingerprint density at radius 2 is 1.82 bits per heavy atom. The van der Waals surface area contributed by atoms with E-state index in [4.69, 9.17) is 11.6 Å². The molecule has 112 valence electrons. The van der Waals surface area contributed by atoms with Crippen LogP contribution >= 0.6 is 11.6 Å². The summed E-state index contributed by atoms with van der Waals surface area (Å²) in [5.74, 6) is -0.629. The highest BCUT2D eigenvalue weighted by Crippen LogP contribution is 2.21. The van der Waals surface area contributed by atoms with Crippen LogP contribution < -0.4 is 10.6 Å². The largest absolute Gasteiger partial charge is 0.355 e. The number of hydrogen-bond donors (Lipinski definition) is 2. The maximum Gasteiger partial charge on any atom is 0.253 e. The molecule has 0 fully saturated rings. The molecule has 2 N–H and O–H groups in total. The molecule has 0 aliphatic carbocycles. The van der Waals surface area contributed by atoms with Crippen LogP contribution in [-0.2, 0) is 4.79 Å². The Bertz CT molecular complexity index is 712. The molecule has 0 aromatic heterocycles. The highest BCUT2D eigenvalue weighted by molar-refractivity contribution is 6.31. The third-order valence-corrected chi connectivity index (χ3v) is 3.17. The van der Waals surface area contributed by atoms with Crippen molar-refractivity contribution in [3.8, 4) is 0 Å². The van der Waals surface area contributed by atoms with Crippen LogP contribution in [0.5, 0.6) is 0 Å². The fourth-order valence-corrected chi connectivity index (χ4v) is 2.04. The summed E-state index contributed by atoms with van der Waals surface area (Å²) in [5.41, 5.74) is 1.64. The smallest absolute Gasteiger partial charge is 0.253 e. The molecule has 0 spiro atoms. The molecule has 0 unspecified atom stereocenters. The van der Waals surface area contributed by atoms with E-state index < -0.39 is 0 Å². The van der Waals surface area contributed by atoms with Gasteiger partial charge < -0.3 is 10.6 Å². The van der Waals surface area contributed by atoms with Crippen molar-refractivity contribution in [1.82, 2.24) is 5.32 Å². The standard InChI is InChI=1S/C17H15ClN2O2/c1-19-17(22)14-9-8-13(18)11-15(14)20-16(21)10-7-12-5-3-2-4-6-12/h2-11H,1H3,(H,19,22)(H,20,21)/b10-7+. The van der Waals surface area contributed by atoms with E-state index in [1.807, 2.05) is 30.3 Å². The van der Waals surface area contributed by atoms with Gasteiger partial charge in [0, 0.05) is 18.1 Å². The zero-order valence-corrected chi connectivity index (χ0v) is 12.7. The average molecular weight is 315 g/mol. The van der Waals surface area contributed by atoms with Gasteiger partial charge in [0.1, 0.15) is 0 Å². The van der Waals surface area contributed by atoms with E-state index in [1.165, 1.54) is 13.1 Å². The summed E-state index contributed by atoms with van der Waals surface area (Å²) in [6.07, 6.45) is 3.10. The Balaban J connectivity index is 2.16. The summed E-state index contributed by atoms with van der Waals surface area (Å²) >= 11 is 5.92. The number of hydrogen-bond acceptors (Lipinski definition) is 2. The molecule has 0 heterocycles. The predicted molar refractivity (Wildman–Crippen MR) is 88.9 cm³/mol. The molecule has 0 bridgehead atoms. The normalized spacial score (nSPS) is 10.5. The Kier molecular flexibility index (Phi) is 5.33. The van der Waals surface area contributed by atoms with E-state index in [1.54, 1.807) is 24.3 Å². The highest BCUT2D eigenvalue weighted by atomic mass is 35.5. The van der Waals surface area contributed by atoms with Crippen molar-refractivity contribution in [3.05, 3.63) is 70.8 Å². The van der Waals surface area contributed by atoms with Gasteiger partial charge in [-0.1, -0.05) is 41.9 Å². The molecule has 0 aliphatic rings. The fourth-order valence-electron chi connectivity index (χ4n) is 1.86. The molecule has 0 saturated heterocycles. The Morgan fingerprint density at radius 3 is 2.50 bits per heavy atom. The number of rotatable bonds is 4. The molecule has 2 rings (SSSR count). The molecule has 0 aliphatic heterocycles. The van der Waals surface area contributed by atoms with Gasteiger partial charge in [0.25, 0.3) is 5.91 Å². The van der Waals surface area contributed by atoms with E-state index in [2.05, 4.69) is 10.6 Å². The summed E-state index contributed by atoms with van der Waals surface area (Å²) in [6.45, 7) is 0. The maximum absolute atomic E-state index is 12.0. The Labute approximate surface area is 133 Å². The molecule has 2 aromatic rings. The summed E-state index contributed by atoms with van der Waals surface area (Å²) in [6, 6.07) is 14.2. The number of carbonyl (C=O) groups excluding carboxylic acids is 2. The predicted octanol–water partition coefficient (Wildman–Crippen LogP) is 3.35. The van der Waals surface area contributed by atoms with Crippen molar-refractivity contribution in [2.75, 3.05) is 12.4 Å². The second kappa shape index (κ2) is 7.43. The first-order valence-electron chi connectivity index (χ1n) is 6.66. The zero-order valence-electron chi connectivity index (χ0n) is 12.0. The summed E-state index contributed by atoms with van der Waals surface area (Å²) in [7, 11) is 1.53. The fraction of sp³-hybridized carbons (Fsp3) is 0.0588. The third-order valence-electron chi connectivity index (χ3n) is 2.94. The molecule has 2 aromatic carbocycles. The van der Waals surface area contributed by atoms with Gasteiger partial charge in [-0.3, -0.25) is 9.59 Å². The van der Waals surface area contributed by atoms with Crippen LogP contribution in [0.15, 0.2) is 54.6 Å². The van der Waals surface area contributed by atoms with Crippen LogP contribution in [0.1, 0.15) is 15.9 Å². The third kappa shape index (κ3) is 4.20. The lowest BCUT2D eigenvalue weighted by molar-refractivity contribution is -0.111. The minimum atomic E-state index is -0.337. The van der Waals surface area contributed by atoms with E-state index >= 15 is 0 Å². The number of benzene rings is 2. The van der Waals surface area contributed by atoms with E-state index in [-0.39, 0.29) is 11.8 Å². The van der Waals surface area contributed by atoms with E-state index in [0.717, 1.165) is 5.56 Å². The van der Waals surface area contributed by atoms with Gasteiger partial charge in [-0.25, -0.2) is 0 Å². The second-order valence-electron chi connectivity index (χ2n) is 4.50. The van der Waals surface area contributed by atoms with Crippen molar-refractivity contribution >= 4 is 35.2 Å².